The van der Waals surface area contributed by atoms with Crippen molar-refractivity contribution in [1.29, 1.82) is 0 Å². The van der Waals surface area contributed by atoms with Crippen molar-refractivity contribution in [3.05, 3.63) is 86.6 Å². The number of aromatic amines is 1. The van der Waals surface area contributed by atoms with E-state index < -0.39 is 11.8 Å². The predicted octanol–water partition coefficient (Wildman–Crippen LogP) is 4.69. The molecule has 9 heteroatoms. The molecule has 2 N–H and O–H groups in total. The fourth-order valence-corrected chi connectivity index (χ4v) is 4.23. The molecule has 7 nitrogen and oxygen atoms in total. The molecule has 3 heterocycles. The van der Waals surface area contributed by atoms with Gasteiger partial charge in [-0.1, -0.05) is 18.2 Å². The molecule has 0 bridgehead atoms. The molecular formula is C23H18FN3O4S. The van der Waals surface area contributed by atoms with Gasteiger partial charge in [-0.05, 0) is 35.7 Å². The molecule has 0 saturated carbocycles. The van der Waals surface area contributed by atoms with Crippen molar-refractivity contribution in [3.8, 4) is 11.5 Å². The standard InChI is InChI=1S/C23H18FN3O4S/c24-17-5-1-2-6-18(17)26-23(29)27(12-16-4-3-7-32-16)11-15-8-14-9-20-21(31-13-30-20)10-19(14)25-22(15)28/h1-10H,11-13H2,(H,25,28)(H,26,29). The highest BCUT2D eigenvalue weighted by molar-refractivity contribution is 7.09. The van der Waals surface area contributed by atoms with Crippen LogP contribution in [0.3, 0.4) is 0 Å². The number of anilines is 1. The second-order valence-corrected chi connectivity index (χ2v) is 8.29. The third-order valence-corrected chi connectivity index (χ3v) is 5.97. The monoisotopic (exact) mass is 451 g/mol. The number of thiophene rings is 1. The minimum absolute atomic E-state index is 0.0396. The van der Waals surface area contributed by atoms with Gasteiger partial charge in [-0.25, -0.2) is 9.18 Å². The van der Waals surface area contributed by atoms with E-state index in [0.29, 0.717) is 22.6 Å². The molecule has 0 spiro atoms. The largest absolute Gasteiger partial charge is 0.454 e. The van der Waals surface area contributed by atoms with E-state index in [0.717, 1.165) is 10.3 Å². The zero-order chi connectivity index (χ0) is 22.1. The van der Waals surface area contributed by atoms with Gasteiger partial charge in [0, 0.05) is 21.9 Å². The molecule has 2 amide bonds. The molecule has 0 saturated heterocycles. The SMILES string of the molecule is O=C(Nc1ccccc1F)N(Cc1cccs1)Cc1cc2cc3c(cc2[nH]c1=O)OCO3. The summed E-state index contributed by atoms with van der Waals surface area (Å²) in [5.41, 5.74) is 0.778. The van der Waals surface area contributed by atoms with E-state index in [1.807, 2.05) is 17.5 Å². The van der Waals surface area contributed by atoms with Crippen LogP contribution in [0.25, 0.3) is 10.9 Å². The van der Waals surface area contributed by atoms with Crippen molar-refractivity contribution in [2.75, 3.05) is 12.1 Å². The maximum absolute atomic E-state index is 14.1. The minimum atomic E-state index is -0.531. The summed E-state index contributed by atoms with van der Waals surface area (Å²) in [4.78, 5) is 31.0. The van der Waals surface area contributed by atoms with Gasteiger partial charge < -0.3 is 24.7 Å². The number of halogens is 1. The molecular weight excluding hydrogens is 433 g/mol. The van der Waals surface area contributed by atoms with E-state index in [-0.39, 0.29) is 31.1 Å². The van der Waals surface area contributed by atoms with Crippen molar-refractivity contribution in [1.82, 2.24) is 9.88 Å². The molecule has 2 aromatic carbocycles. The zero-order valence-corrected chi connectivity index (χ0v) is 17.6. The summed E-state index contributed by atoms with van der Waals surface area (Å²) >= 11 is 1.50. The van der Waals surface area contributed by atoms with Crippen molar-refractivity contribution in [2.45, 2.75) is 13.1 Å². The quantitative estimate of drug-likeness (QED) is 0.461. The predicted molar refractivity (Wildman–Crippen MR) is 120 cm³/mol. The third kappa shape index (κ3) is 4.02. The average Bonchev–Trinajstić information content (AvgIpc) is 3.45. The number of amides is 2. The summed E-state index contributed by atoms with van der Waals surface area (Å²) in [6.07, 6.45) is 0. The van der Waals surface area contributed by atoms with Crippen LogP contribution in [0.1, 0.15) is 10.4 Å². The third-order valence-electron chi connectivity index (χ3n) is 5.10. The molecule has 162 valence electrons. The van der Waals surface area contributed by atoms with Gasteiger partial charge in [0.2, 0.25) is 6.79 Å². The number of H-pyrrole nitrogens is 1. The Morgan fingerprint density at radius 1 is 1.09 bits per heavy atom. The Morgan fingerprint density at radius 2 is 1.91 bits per heavy atom. The molecule has 0 fully saturated rings. The summed E-state index contributed by atoms with van der Waals surface area (Å²) in [5, 5.41) is 5.27. The number of para-hydroxylation sites is 1. The van der Waals surface area contributed by atoms with E-state index in [4.69, 9.17) is 9.47 Å². The van der Waals surface area contributed by atoms with Crippen LogP contribution in [0.4, 0.5) is 14.9 Å². The normalized spacial score (nSPS) is 12.2. The van der Waals surface area contributed by atoms with Crippen LogP contribution in [0.2, 0.25) is 0 Å². The number of hydrogen-bond acceptors (Lipinski definition) is 5. The van der Waals surface area contributed by atoms with Gasteiger partial charge in [0.25, 0.3) is 5.56 Å². The summed E-state index contributed by atoms with van der Waals surface area (Å²) in [6.45, 7) is 0.446. The van der Waals surface area contributed by atoms with Gasteiger partial charge in [-0.3, -0.25) is 4.79 Å². The van der Waals surface area contributed by atoms with Crippen LogP contribution >= 0.6 is 11.3 Å². The summed E-state index contributed by atoms with van der Waals surface area (Å²) in [7, 11) is 0. The van der Waals surface area contributed by atoms with Crippen LogP contribution in [0.15, 0.2) is 64.8 Å². The highest BCUT2D eigenvalue weighted by Crippen LogP contribution is 2.35. The highest BCUT2D eigenvalue weighted by atomic mass is 32.1. The Bertz CT molecular complexity index is 1350. The lowest BCUT2D eigenvalue weighted by molar-refractivity contribution is 0.174. The number of carbonyl (C=O) groups excluding carboxylic acids is 1. The van der Waals surface area contributed by atoms with Crippen LogP contribution in [0.5, 0.6) is 11.5 Å². The number of pyridine rings is 1. The van der Waals surface area contributed by atoms with Crippen molar-refractivity contribution in [3.63, 3.8) is 0 Å². The summed E-state index contributed by atoms with van der Waals surface area (Å²) < 4.78 is 24.8. The van der Waals surface area contributed by atoms with Crippen LogP contribution in [-0.4, -0.2) is 22.7 Å². The number of nitrogens with zero attached hydrogens (tertiary/aromatic N) is 1. The number of urea groups is 1. The van der Waals surface area contributed by atoms with Crippen LogP contribution < -0.4 is 20.3 Å². The molecule has 1 aliphatic rings. The maximum atomic E-state index is 14.1. The van der Waals surface area contributed by atoms with E-state index >= 15 is 0 Å². The lowest BCUT2D eigenvalue weighted by atomic mass is 10.1. The Hall–Kier alpha value is -3.85. The fraction of sp³-hybridized carbons (Fsp3) is 0.130. The summed E-state index contributed by atoms with van der Waals surface area (Å²) in [5.74, 6) is 0.643. The molecule has 0 unspecified atom stereocenters. The van der Waals surface area contributed by atoms with Gasteiger partial charge in [0.05, 0.1) is 24.3 Å². The molecule has 0 radical (unpaired) electrons. The highest BCUT2D eigenvalue weighted by Gasteiger charge is 2.20. The second-order valence-electron chi connectivity index (χ2n) is 7.26. The van der Waals surface area contributed by atoms with Crippen molar-refractivity contribution >= 4 is 34.0 Å². The first-order valence-corrected chi connectivity index (χ1v) is 10.7. The summed E-state index contributed by atoms with van der Waals surface area (Å²) in [6, 6.07) is 14.5. The lowest BCUT2D eigenvalue weighted by Crippen LogP contribution is -2.35. The van der Waals surface area contributed by atoms with E-state index in [9.17, 15) is 14.0 Å². The first-order valence-electron chi connectivity index (χ1n) is 9.85. The number of carbonyl (C=O) groups is 1. The molecule has 4 aromatic rings. The minimum Gasteiger partial charge on any atom is -0.454 e. The van der Waals surface area contributed by atoms with Gasteiger partial charge in [-0.2, -0.15) is 0 Å². The van der Waals surface area contributed by atoms with Crippen molar-refractivity contribution in [2.24, 2.45) is 0 Å². The molecule has 0 aliphatic carbocycles. The van der Waals surface area contributed by atoms with Gasteiger partial charge >= 0.3 is 6.03 Å². The molecule has 1 aliphatic heterocycles. The van der Waals surface area contributed by atoms with Gasteiger partial charge in [0.15, 0.2) is 11.5 Å². The number of ether oxygens (including phenoxy) is 2. The van der Waals surface area contributed by atoms with E-state index in [1.54, 1.807) is 30.3 Å². The van der Waals surface area contributed by atoms with Gasteiger partial charge in [0.1, 0.15) is 5.82 Å². The molecule has 0 atom stereocenters. The first-order chi connectivity index (χ1) is 15.6. The number of aromatic nitrogens is 1. The van der Waals surface area contributed by atoms with Crippen LogP contribution in [0, 0.1) is 5.82 Å². The number of nitrogens with one attached hydrogen (secondary N) is 2. The Labute approximate surface area is 186 Å². The number of benzene rings is 2. The number of hydrogen-bond donors (Lipinski definition) is 2. The van der Waals surface area contributed by atoms with Crippen molar-refractivity contribution < 1.29 is 18.7 Å². The number of fused-ring (bicyclic) bond motifs is 2. The van der Waals surface area contributed by atoms with Gasteiger partial charge in [-0.15, -0.1) is 11.3 Å². The van der Waals surface area contributed by atoms with E-state index in [1.165, 1.54) is 28.4 Å². The topological polar surface area (TPSA) is 83.7 Å². The molecule has 5 rings (SSSR count). The maximum Gasteiger partial charge on any atom is 0.322 e. The molecule has 32 heavy (non-hydrogen) atoms. The van der Waals surface area contributed by atoms with E-state index in [2.05, 4.69) is 10.3 Å². The molecule has 2 aromatic heterocycles. The Morgan fingerprint density at radius 3 is 2.69 bits per heavy atom. The second kappa shape index (κ2) is 8.35. The first kappa shape index (κ1) is 20.1. The number of rotatable bonds is 5. The Balaban J connectivity index is 1.46. The fourth-order valence-electron chi connectivity index (χ4n) is 3.51. The smallest absolute Gasteiger partial charge is 0.322 e. The zero-order valence-electron chi connectivity index (χ0n) is 16.8. The van der Waals surface area contributed by atoms with Crippen LogP contribution in [-0.2, 0) is 13.1 Å². The average molecular weight is 451 g/mol. The lowest BCUT2D eigenvalue weighted by Gasteiger charge is -2.23. The Kier molecular flexibility index (Phi) is 5.24.